The van der Waals surface area contributed by atoms with E-state index in [9.17, 15) is 19.2 Å². The molecule has 0 spiro atoms. The second-order valence-corrected chi connectivity index (χ2v) is 14.1. The first-order chi connectivity index (χ1) is 24.9. The predicted octanol–water partition coefficient (Wildman–Crippen LogP) is 6.62. The zero-order valence-electron chi connectivity index (χ0n) is 29.8. The number of hydrogen-bond donors (Lipinski definition) is 4. The van der Waals surface area contributed by atoms with Gasteiger partial charge in [-0.1, -0.05) is 94.1 Å². The molecule has 13 nitrogen and oxygen atoms in total. The summed E-state index contributed by atoms with van der Waals surface area (Å²) in [7, 11) is 0. The Kier molecular flexibility index (Phi) is 12.5. The van der Waals surface area contributed by atoms with E-state index < -0.39 is 41.5 Å². The van der Waals surface area contributed by atoms with E-state index in [1.807, 2.05) is 58.0 Å². The van der Waals surface area contributed by atoms with Crippen LogP contribution in [0.4, 0.5) is 4.79 Å². The SMILES string of the molecule is CCOC(=O)c1nnc(C(NC(=O)[C@@]2(NC(=O)C(NC(=O)OCc3ccccc3)C(C)CC)CCc3[nH]c4c(Cl)cc(Cl)cc4c3C2)[C@@H](C)CC)o1. The normalized spacial score (nSPS) is 17.7. The third-order valence-electron chi connectivity index (χ3n) is 9.74. The Morgan fingerprint density at radius 3 is 2.40 bits per heavy atom. The first kappa shape index (κ1) is 38.6. The molecular weight excluding hydrogens is 711 g/mol. The maximum Gasteiger partial charge on any atom is 0.408 e. The van der Waals surface area contributed by atoms with Crippen molar-refractivity contribution in [2.45, 2.75) is 91.0 Å². The zero-order chi connectivity index (χ0) is 37.6. The third kappa shape index (κ3) is 8.53. The number of benzene rings is 2. The summed E-state index contributed by atoms with van der Waals surface area (Å²) in [6, 6.07) is 10.8. The van der Waals surface area contributed by atoms with Gasteiger partial charge in [0.05, 0.1) is 17.1 Å². The molecule has 2 heterocycles. The average Bonchev–Trinajstić information content (AvgIpc) is 3.77. The first-order valence-corrected chi connectivity index (χ1v) is 18.2. The molecule has 0 radical (unpaired) electrons. The van der Waals surface area contributed by atoms with E-state index in [0.717, 1.165) is 22.2 Å². The van der Waals surface area contributed by atoms with Gasteiger partial charge in [0.1, 0.15) is 24.2 Å². The summed E-state index contributed by atoms with van der Waals surface area (Å²) >= 11 is 13.0. The van der Waals surface area contributed by atoms with Gasteiger partial charge < -0.3 is 34.8 Å². The molecule has 2 aromatic carbocycles. The number of H-pyrrole nitrogens is 1. The number of halogens is 2. The van der Waals surface area contributed by atoms with E-state index in [-0.39, 0.29) is 49.7 Å². The minimum Gasteiger partial charge on any atom is -0.459 e. The molecule has 3 unspecified atom stereocenters. The monoisotopic (exact) mass is 754 g/mol. The summed E-state index contributed by atoms with van der Waals surface area (Å²) in [6.45, 7) is 9.38. The number of nitrogens with one attached hydrogen (secondary N) is 4. The molecule has 278 valence electrons. The van der Waals surface area contributed by atoms with Crippen molar-refractivity contribution in [3.8, 4) is 0 Å². The number of amides is 3. The maximum atomic E-state index is 14.8. The highest BCUT2D eigenvalue weighted by Crippen LogP contribution is 2.39. The number of nitrogens with zero attached hydrogens (tertiary/aromatic N) is 2. The number of rotatable bonds is 14. The van der Waals surface area contributed by atoms with E-state index in [1.54, 1.807) is 19.1 Å². The summed E-state index contributed by atoms with van der Waals surface area (Å²) in [6.07, 6.45) is 1.06. The fraction of sp³-hybridized carbons (Fsp3) is 0.459. The van der Waals surface area contributed by atoms with Crippen LogP contribution in [-0.4, -0.2) is 57.2 Å². The fourth-order valence-corrected chi connectivity index (χ4v) is 6.87. The number of aromatic nitrogens is 3. The Balaban J connectivity index is 1.48. The Bertz CT molecular complexity index is 1910. The summed E-state index contributed by atoms with van der Waals surface area (Å²) in [5.74, 6) is -2.68. The van der Waals surface area contributed by atoms with Crippen molar-refractivity contribution < 1.29 is 33.1 Å². The second kappa shape index (κ2) is 16.8. The highest BCUT2D eigenvalue weighted by Gasteiger charge is 2.47. The van der Waals surface area contributed by atoms with E-state index in [4.69, 9.17) is 37.1 Å². The van der Waals surface area contributed by atoms with Crippen LogP contribution in [-0.2, 0) is 38.5 Å². The molecule has 0 saturated carbocycles. The van der Waals surface area contributed by atoms with Crippen LogP contribution >= 0.6 is 23.2 Å². The van der Waals surface area contributed by atoms with Crippen LogP contribution in [0.15, 0.2) is 46.9 Å². The minimum atomic E-state index is -1.51. The van der Waals surface area contributed by atoms with Crippen LogP contribution in [0.2, 0.25) is 10.0 Å². The standard InChI is InChI=1S/C37H44Cl2N6O7/c1-6-20(4)28(42-36(49)51-19-22-12-10-9-11-13-22)31(46)43-37(15-14-27-25(18-37)24-16-23(38)17-26(39)30(24)40-27)35(48)41-29(21(5)7-2)32-44-45-33(52-32)34(47)50-8-3/h9-13,16-17,20-21,28-29,40H,6-8,14-15,18-19H2,1-5H3,(H,41,48)(H,42,49)(H,43,46)/t20?,21-,28?,29?,37+/m0/s1. The second-order valence-electron chi connectivity index (χ2n) is 13.2. The summed E-state index contributed by atoms with van der Waals surface area (Å²) in [4.78, 5) is 57.8. The largest absolute Gasteiger partial charge is 0.459 e. The molecular formula is C37H44Cl2N6O7. The highest BCUT2D eigenvalue weighted by atomic mass is 35.5. The van der Waals surface area contributed by atoms with Crippen LogP contribution in [0.25, 0.3) is 10.9 Å². The van der Waals surface area contributed by atoms with Gasteiger partial charge in [0, 0.05) is 22.5 Å². The van der Waals surface area contributed by atoms with Crippen LogP contribution < -0.4 is 16.0 Å². The molecule has 4 aromatic rings. The van der Waals surface area contributed by atoms with E-state index >= 15 is 0 Å². The molecule has 0 bridgehead atoms. The van der Waals surface area contributed by atoms with Gasteiger partial charge in [0.25, 0.3) is 0 Å². The van der Waals surface area contributed by atoms with E-state index in [0.29, 0.717) is 34.8 Å². The Hall–Kier alpha value is -4.62. The minimum absolute atomic E-state index is 0.0207. The van der Waals surface area contributed by atoms with Gasteiger partial charge in [0.2, 0.25) is 17.7 Å². The first-order valence-electron chi connectivity index (χ1n) is 17.5. The Morgan fingerprint density at radius 2 is 1.71 bits per heavy atom. The van der Waals surface area contributed by atoms with E-state index in [1.165, 1.54) is 0 Å². The number of hydrogen-bond acceptors (Lipinski definition) is 9. The van der Waals surface area contributed by atoms with Crippen molar-refractivity contribution in [2.24, 2.45) is 11.8 Å². The number of alkyl carbamates (subject to hydrolysis) is 1. The van der Waals surface area contributed by atoms with Crippen LogP contribution in [0.3, 0.4) is 0 Å². The predicted molar refractivity (Wildman–Crippen MR) is 195 cm³/mol. The third-order valence-corrected chi connectivity index (χ3v) is 10.3. The number of aryl methyl sites for hydroxylation is 1. The molecule has 0 aliphatic heterocycles. The summed E-state index contributed by atoms with van der Waals surface area (Å²) in [5, 5.41) is 18.4. The molecule has 1 aliphatic rings. The quantitative estimate of drug-likeness (QED) is 0.103. The van der Waals surface area contributed by atoms with Gasteiger partial charge in [-0.05, 0) is 54.9 Å². The molecule has 5 atom stereocenters. The number of carbonyl (C=O) groups is 4. The molecule has 2 aromatic heterocycles. The maximum absolute atomic E-state index is 14.8. The number of fused-ring (bicyclic) bond motifs is 3. The zero-order valence-corrected chi connectivity index (χ0v) is 31.3. The Labute approximate surface area is 311 Å². The van der Waals surface area contributed by atoms with Crippen molar-refractivity contribution in [3.05, 3.63) is 81.1 Å². The van der Waals surface area contributed by atoms with Gasteiger partial charge in [-0.25, -0.2) is 9.59 Å². The Morgan fingerprint density at radius 1 is 0.981 bits per heavy atom. The van der Waals surface area contributed by atoms with E-state index in [2.05, 4.69) is 31.1 Å². The van der Waals surface area contributed by atoms with Crippen LogP contribution in [0.5, 0.6) is 0 Å². The molecule has 5 rings (SSSR count). The van der Waals surface area contributed by atoms with Crippen molar-refractivity contribution in [1.82, 2.24) is 31.1 Å². The van der Waals surface area contributed by atoms with Gasteiger partial charge in [0.15, 0.2) is 0 Å². The topological polar surface area (TPSA) is 178 Å². The van der Waals surface area contributed by atoms with Crippen molar-refractivity contribution in [3.63, 3.8) is 0 Å². The lowest BCUT2D eigenvalue weighted by Gasteiger charge is -2.39. The molecule has 4 N–H and O–H groups in total. The highest BCUT2D eigenvalue weighted by molar-refractivity contribution is 6.38. The number of esters is 1. The molecule has 1 aliphatic carbocycles. The van der Waals surface area contributed by atoms with Gasteiger partial charge in [-0.15, -0.1) is 10.2 Å². The smallest absolute Gasteiger partial charge is 0.408 e. The molecule has 15 heteroatoms. The average molecular weight is 756 g/mol. The van der Waals surface area contributed by atoms with Crippen LogP contribution in [0.1, 0.15) is 93.3 Å². The lowest BCUT2D eigenvalue weighted by atomic mass is 9.78. The van der Waals surface area contributed by atoms with Crippen LogP contribution in [0, 0.1) is 11.8 Å². The summed E-state index contributed by atoms with van der Waals surface area (Å²) < 4.78 is 16.2. The van der Waals surface area contributed by atoms with Gasteiger partial charge in [-0.2, -0.15) is 0 Å². The number of ether oxygens (including phenoxy) is 2. The molecule has 52 heavy (non-hydrogen) atoms. The lowest BCUT2D eigenvalue weighted by Crippen LogP contribution is -2.65. The lowest BCUT2D eigenvalue weighted by molar-refractivity contribution is -0.136. The van der Waals surface area contributed by atoms with Crippen molar-refractivity contribution in [1.29, 1.82) is 0 Å². The number of aromatic amines is 1. The fourth-order valence-electron chi connectivity index (χ4n) is 6.33. The van der Waals surface area contributed by atoms with Gasteiger partial charge >= 0.3 is 18.0 Å². The summed E-state index contributed by atoms with van der Waals surface area (Å²) in [5.41, 5.74) is 1.60. The molecule has 3 amide bonds. The molecule has 0 fully saturated rings. The number of carbonyl (C=O) groups excluding carboxylic acids is 4. The van der Waals surface area contributed by atoms with Gasteiger partial charge in [-0.3, -0.25) is 9.59 Å². The van der Waals surface area contributed by atoms with Crippen molar-refractivity contribution >= 4 is 58.0 Å². The van der Waals surface area contributed by atoms with Crippen molar-refractivity contribution in [2.75, 3.05) is 6.61 Å². The molecule has 0 saturated heterocycles.